The first-order valence-corrected chi connectivity index (χ1v) is 9.43. The number of carbonyl (C=O) groups excluding carboxylic acids is 2. The Morgan fingerprint density at radius 1 is 1.04 bits per heavy atom. The van der Waals surface area contributed by atoms with E-state index in [2.05, 4.69) is 5.32 Å². The van der Waals surface area contributed by atoms with Crippen molar-refractivity contribution < 1.29 is 14.3 Å². The lowest BCUT2D eigenvalue weighted by molar-refractivity contribution is -0.161. The quantitative estimate of drug-likeness (QED) is 0.870. The van der Waals surface area contributed by atoms with Crippen LogP contribution < -0.4 is 5.32 Å². The second-order valence-corrected chi connectivity index (χ2v) is 7.28. The van der Waals surface area contributed by atoms with Crippen LogP contribution in [0.25, 0.3) is 0 Å². The highest BCUT2D eigenvalue weighted by Gasteiger charge is 2.43. The largest absolute Gasteiger partial charge is 0.368 e. The Bertz CT molecular complexity index is 630. The number of nitrogens with zero attached hydrogens (tertiary/aromatic N) is 2. The normalized spacial score (nSPS) is 20.1. The van der Waals surface area contributed by atoms with Crippen molar-refractivity contribution in [3.05, 3.63) is 35.4 Å². The first kappa shape index (κ1) is 18.9. The van der Waals surface area contributed by atoms with Crippen molar-refractivity contribution in [1.29, 1.82) is 0 Å². The summed E-state index contributed by atoms with van der Waals surface area (Å²) < 4.78 is 5.64. The van der Waals surface area contributed by atoms with Gasteiger partial charge in [-0.05, 0) is 38.4 Å². The minimum atomic E-state index is -0.695. The average molecular weight is 359 g/mol. The second kappa shape index (κ2) is 8.18. The zero-order valence-electron chi connectivity index (χ0n) is 15.8. The molecule has 2 saturated heterocycles. The molecule has 26 heavy (non-hydrogen) atoms. The molecular weight excluding hydrogens is 330 g/mol. The van der Waals surface area contributed by atoms with Gasteiger partial charge in [-0.15, -0.1) is 0 Å². The minimum Gasteiger partial charge on any atom is -0.368 e. The van der Waals surface area contributed by atoms with Crippen LogP contribution in [0.1, 0.15) is 24.0 Å². The van der Waals surface area contributed by atoms with Gasteiger partial charge in [0.25, 0.3) is 5.91 Å². The van der Waals surface area contributed by atoms with E-state index in [0.29, 0.717) is 45.4 Å². The molecule has 0 spiro atoms. The van der Waals surface area contributed by atoms with Gasteiger partial charge in [-0.1, -0.05) is 29.8 Å². The first-order chi connectivity index (χ1) is 12.5. The van der Waals surface area contributed by atoms with Gasteiger partial charge in [-0.2, -0.15) is 0 Å². The topological polar surface area (TPSA) is 61.9 Å². The maximum atomic E-state index is 13.0. The predicted octanol–water partition coefficient (Wildman–Crippen LogP) is 0.977. The molecule has 0 unspecified atom stereocenters. The fraction of sp³-hybridized carbons (Fsp3) is 0.600. The molecule has 2 fully saturated rings. The van der Waals surface area contributed by atoms with Crippen LogP contribution in [0.3, 0.4) is 0 Å². The van der Waals surface area contributed by atoms with E-state index < -0.39 is 5.60 Å². The number of amides is 2. The fourth-order valence-electron chi connectivity index (χ4n) is 3.78. The van der Waals surface area contributed by atoms with Crippen LogP contribution >= 0.6 is 0 Å². The standard InChI is InChI=1S/C20H29N3O3/c1-16-3-5-17(6-4-16)15-18(24)22-11-13-23(14-12-22)19(25)20(26-2)7-9-21-10-8-20/h3-6,21H,7-15H2,1-2H3. The SMILES string of the molecule is COC1(C(=O)N2CCN(C(=O)Cc3ccc(C)cc3)CC2)CCNCC1. The molecule has 0 saturated carbocycles. The van der Waals surface area contributed by atoms with E-state index in [1.165, 1.54) is 5.56 Å². The lowest BCUT2D eigenvalue weighted by Gasteiger charge is -2.42. The van der Waals surface area contributed by atoms with E-state index >= 15 is 0 Å². The summed E-state index contributed by atoms with van der Waals surface area (Å²) in [5, 5.41) is 3.28. The van der Waals surface area contributed by atoms with E-state index in [1.807, 2.05) is 41.0 Å². The van der Waals surface area contributed by atoms with Gasteiger partial charge in [-0.25, -0.2) is 0 Å². The zero-order chi connectivity index (χ0) is 18.6. The molecule has 0 aromatic heterocycles. The van der Waals surface area contributed by atoms with E-state index in [1.54, 1.807) is 7.11 Å². The second-order valence-electron chi connectivity index (χ2n) is 7.28. The Balaban J connectivity index is 1.54. The number of methoxy groups -OCH3 is 1. The summed E-state index contributed by atoms with van der Waals surface area (Å²) in [7, 11) is 1.63. The lowest BCUT2D eigenvalue weighted by Crippen LogP contribution is -2.59. The molecule has 2 aliphatic heterocycles. The molecule has 1 aromatic carbocycles. The number of rotatable bonds is 4. The maximum absolute atomic E-state index is 13.0. The molecule has 0 radical (unpaired) electrons. The molecule has 0 bridgehead atoms. The number of ether oxygens (including phenoxy) is 1. The van der Waals surface area contributed by atoms with Gasteiger partial charge in [0.05, 0.1) is 6.42 Å². The van der Waals surface area contributed by atoms with Crippen LogP contribution in [0.15, 0.2) is 24.3 Å². The third-order valence-corrected chi connectivity index (χ3v) is 5.59. The number of hydrogen-bond acceptors (Lipinski definition) is 4. The molecule has 6 heteroatoms. The molecule has 1 N–H and O–H groups in total. The van der Waals surface area contributed by atoms with Crippen LogP contribution in [-0.2, 0) is 20.7 Å². The Labute approximate surface area is 155 Å². The molecule has 1 aromatic rings. The van der Waals surface area contributed by atoms with Gasteiger partial charge in [0.1, 0.15) is 5.60 Å². The lowest BCUT2D eigenvalue weighted by atomic mass is 9.90. The molecule has 0 atom stereocenters. The highest BCUT2D eigenvalue weighted by Crippen LogP contribution is 2.25. The third-order valence-electron chi connectivity index (χ3n) is 5.59. The first-order valence-electron chi connectivity index (χ1n) is 9.43. The smallest absolute Gasteiger partial charge is 0.255 e. The highest BCUT2D eigenvalue weighted by molar-refractivity contribution is 5.86. The summed E-state index contributed by atoms with van der Waals surface area (Å²) in [4.78, 5) is 29.2. The molecule has 2 heterocycles. The Morgan fingerprint density at radius 2 is 1.62 bits per heavy atom. The molecule has 142 valence electrons. The third kappa shape index (κ3) is 4.07. The summed E-state index contributed by atoms with van der Waals surface area (Å²) in [5.41, 5.74) is 1.53. The summed E-state index contributed by atoms with van der Waals surface area (Å²) in [6.07, 6.45) is 1.83. The summed E-state index contributed by atoms with van der Waals surface area (Å²) in [6.45, 7) is 5.98. The van der Waals surface area contributed by atoms with Gasteiger partial charge in [0.2, 0.25) is 5.91 Å². The van der Waals surface area contributed by atoms with E-state index in [9.17, 15) is 9.59 Å². The molecule has 2 aliphatic rings. The minimum absolute atomic E-state index is 0.0760. The van der Waals surface area contributed by atoms with Crippen molar-refractivity contribution in [2.45, 2.75) is 31.8 Å². The number of carbonyl (C=O) groups is 2. The molecular formula is C20H29N3O3. The van der Waals surface area contributed by atoms with Crippen LogP contribution in [0.5, 0.6) is 0 Å². The van der Waals surface area contributed by atoms with Crippen molar-refractivity contribution in [2.24, 2.45) is 0 Å². The zero-order valence-corrected chi connectivity index (χ0v) is 15.8. The number of aryl methyl sites for hydroxylation is 1. The summed E-state index contributed by atoms with van der Waals surface area (Å²) >= 11 is 0. The van der Waals surface area contributed by atoms with Crippen LogP contribution in [0.2, 0.25) is 0 Å². The van der Waals surface area contributed by atoms with Gasteiger partial charge >= 0.3 is 0 Å². The maximum Gasteiger partial charge on any atom is 0.255 e. The van der Waals surface area contributed by atoms with E-state index in [4.69, 9.17) is 4.74 Å². The van der Waals surface area contributed by atoms with Crippen molar-refractivity contribution in [2.75, 3.05) is 46.4 Å². The summed E-state index contributed by atoms with van der Waals surface area (Å²) in [5.74, 6) is 0.205. The molecule has 0 aliphatic carbocycles. The van der Waals surface area contributed by atoms with Gasteiger partial charge < -0.3 is 19.9 Å². The molecule has 2 amide bonds. The average Bonchev–Trinajstić information content (AvgIpc) is 2.69. The molecule has 3 rings (SSSR count). The van der Waals surface area contributed by atoms with Gasteiger partial charge in [0.15, 0.2) is 0 Å². The van der Waals surface area contributed by atoms with Crippen LogP contribution in [0.4, 0.5) is 0 Å². The van der Waals surface area contributed by atoms with E-state index in [-0.39, 0.29) is 11.8 Å². The monoisotopic (exact) mass is 359 g/mol. The number of piperidine rings is 1. The number of nitrogens with one attached hydrogen (secondary N) is 1. The van der Waals surface area contributed by atoms with Crippen molar-refractivity contribution in [1.82, 2.24) is 15.1 Å². The number of benzene rings is 1. The Morgan fingerprint density at radius 3 is 2.19 bits per heavy atom. The Kier molecular flexibility index (Phi) is 5.94. The number of hydrogen-bond donors (Lipinski definition) is 1. The van der Waals surface area contributed by atoms with Crippen LogP contribution in [-0.4, -0.2) is 73.6 Å². The van der Waals surface area contributed by atoms with Gasteiger partial charge in [0, 0.05) is 33.3 Å². The van der Waals surface area contributed by atoms with E-state index in [0.717, 1.165) is 18.7 Å². The van der Waals surface area contributed by atoms with Crippen molar-refractivity contribution in [3.8, 4) is 0 Å². The van der Waals surface area contributed by atoms with Crippen molar-refractivity contribution in [3.63, 3.8) is 0 Å². The Hall–Kier alpha value is -1.92. The van der Waals surface area contributed by atoms with Gasteiger partial charge in [-0.3, -0.25) is 9.59 Å². The van der Waals surface area contributed by atoms with Crippen molar-refractivity contribution >= 4 is 11.8 Å². The highest BCUT2D eigenvalue weighted by atomic mass is 16.5. The molecule has 6 nitrogen and oxygen atoms in total. The summed E-state index contributed by atoms with van der Waals surface area (Å²) in [6, 6.07) is 8.07. The predicted molar refractivity (Wildman–Crippen MR) is 99.9 cm³/mol. The van der Waals surface area contributed by atoms with Crippen LogP contribution in [0, 0.1) is 6.92 Å². The fourth-order valence-corrected chi connectivity index (χ4v) is 3.78. The number of piperazine rings is 1.